The van der Waals surface area contributed by atoms with Gasteiger partial charge in [-0.3, -0.25) is 14.4 Å². The Hall–Kier alpha value is -2.39. The Balaban J connectivity index is 2.21. The molecule has 1 aliphatic rings. The van der Waals surface area contributed by atoms with Crippen LogP contribution < -0.4 is 0 Å². The molecular formula is C12H20N4O6. The van der Waals surface area contributed by atoms with E-state index in [1.807, 2.05) is 0 Å². The highest BCUT2D eigenvalue weighted by Gasteiger charge is 2.29. The highest BCUT2D eigenvalue weighted by atomic mass is 16.7. The van der Waals surface area contributed by atoms with Crippen LogP contribution in [0.3, 0.4) is 0 Å². The maximum atomic E-state index is 11.5. The molecular weight excluding hydrogens is 296 g/mol. The fourth-order valence-corrected chi connectivity index (χ4v) is 1.84. The summed E-state index contributed by atoms with van der Waals surface area (Å²) < 4.78 is 0. The first-order valence-corrected chi connectivity index (χ1v) is 6.98. The van der Waals surface area contributed by atoms with Gasteiger partial charge in [0.05, 0.1) is 18.6 Å². The number of hydrogen-bond donors (Lipinski definition) is 1. The number of carboxylic acids is 1. The van der Waals surface area contributed by atoms with E-state index >= 15 is 0 Å². The molecule has 0 unspecified atom stereocenters. The Morgan fingerprint density at radius 1 is 1.36 bits per heavy atom. The molecule has 22 heavy (non-hydrogen) atoms. The van der Waals surface area contributed by atoms with Crippen molar-refractivity contribution in [2.24, 2.45) is 5.28 Å². The summed E-state index contributed by atoms with van der Waals surface area (Å²) in [6.45, 7) is 0.0143. The van der Waals surface area contributed by atoms with Crippen LogP contribution in [-0.4, -0.2) is 58.1 Å². The number of rotatable bonds is 10. The Labute approximate surface area is 127 Å². The van der Waals surface area contributed by atoms with Crippen molar-refractivity contribution < 1.29 is 29.3 Å². The molecule has 1 fully saturated rings. The van der Waals surface area contributed by atoms with Gasteiger partial charge < -0.3 is 15.2 Å². The fraction of sp³-hybridized carbons (Fsp3) is 0.750. The number of carbonyl (C=O) groups excluding carboxylic acids is 2. The minimum Gasteiger partial charge on any atom is -0.569 e. The van der Waals surface area contributed by atoms with Crippen LogP contribution in [0.1, 0.15) is 38.5 Å². The molecule has 0 aromatic rings. The van der Waals surface area contributed by atoms with E-state index in [4.69, 9.17) is 9.94 Å². The molecule has 0 spiro atoms. The second kappa shape index (κ2) is 8.80. The zero-order valence-corrected chi connectivity index (χ0v) is 12.4. The summed E-state index contributed by atoms with van der Waals surface area (Å²) in [5.41, 5.74) is 0. The van der Waals surface area contributed by atoms with Gasteiger partial charge in [-0.05, 0) is 12.8 Å². The monoisotopic (exact) mass is 316 g/mol. The van der Waals surface area contributed by atoms with Gasteiger partial charge in [0.2, 0.25) is 23.8 Å². The van der Waals surface area contributed by atoms with Crippen LogP contribution >= 0.6 is 0 Å². The number of amides is 2. The number of carbonyl (C=O) groups is 3. The van der Waals surface area contributed by atoms with Gasteiger partial charge in [0.1, 0.15) is 0 Å². The lowest BCUT2D eigenvalue weighted by molar-refractivity contribution is -0.705. The molecule has 0 atom stereocenters. The highest BCUT2D eigenvalue weighted by Crippen LogP contribution is 2.11. The summed E-state index contributed by atoms with van der Waals surface area (Å²) in [6.07, 6.45) is 2.29. The summed E-state index contributed by atoms with van der Waals surface area (Å²) in [5, 5.41) is 24.5. The molecule has 1 N–H and O–H groups in total. The molecule has 2 amide bonds. The number of likely N-dealkylation sites (tertiary alicyclic amines) is 1. The van der Waals surface area contributed by atoms with E-state index in [1.54, 1.807) is 0 Å². The van der Waals surface area contributed by atoms with E-state index < -0.39 is 5.97 Å². The van der Waals surface area contributed by atoms with Crippen LogP contribution in [-0.2, 0) is 19.2 Å². The molecule has 1 aliphatic heterocycles. The first-order chi connectivity index (χ1) is 10.4. The lowest BCUT2D eigenvalue weighted by Crippen LogP contribution is -2.32. The predicted octanol–water partition coefficient (Wildman–Crippen LogP) is 0.479. The molecule has 0 aromatic carbocycles. The summed E-state index contributed by atoms with van der Waals surface area (Å²) in [4.78, 5) is 38.7. The average molecular weight is 316 g/mol. The van der Waals surface area contributed by atoms with Crippen molar-refractivity contribution in [3.8, 4) is 0 Å². The Morgan fingerprint density at radius 3 is 2.59 bits per heavy atom. The van der Waals surface area contributed by atoms with Crippen LogP contribution in [0.15, 0.2) is 5.28 Å². The molecule has 0 radical (unpaired) electrons. The molecule has 0 bridgehead atoms. The van der Waals surface area contributed by atoms with Crippen molar-refractivity contribution in [3.05, 3.63) is 5.21 Å². The average Bonchev–Trinajstić information content (AvgIpc) is 2.77. The van der Waals surface area contributed by atoms with E-state index in [-0.39, 0.29) is 42.8 Å². The van der Waals surface area contributed by atoms with Gasteiger partial charge in [-0.25, -0.2) is 4.90 Å². The van der Waals surface area contributed by atoms with Crippen LogP contribution in [0.4, 0.5) is 0 Å². The largest absolute Gasteiger partial charge is 0.569 e. The van der Waals surface area contributed by atoms with Crippen molar-refractivity contribution in [3.63, 3.8) is 0 Å². The quantitative estimate of drug-likeness (QED) is 0.204. The normalized spacial score (nSPS) is 15.3. The maximum absolute atomic E-state index is 11.5. The third-order valence-corrected chi connectivity index (χ3v) is 3.13. The zero-order chi connectivity index (χ0) is 16.5. The van der Waals surface area contributed by atoms with Gasteiger partial charge in [0.25, 0.3) is 0 Å². The first-order valence-electron chi connectivity index (χ1n) is 6.98. The lowest BCUT2D eigenvalue weighted by atomic mass is 10.2. The first kappa shape index (κ1) is 17.7. The van der Waals surface area contributed by atoms with Crippen LogP contribution in [0.25, 0.3) is 0 Å². The molecule has 1 rings (SSSR count). The van der Waals surface area contributed by atoms with Gasteiger partial charge in [-0.2, -0.15) is 0 Å². The molecule has 10 nitrogen and oxygen atoms in total. The van der Waals surface area contributed by atoms with E-state index in [1.165, 1.54) is 12.1 Å². The topological polar surface area (TPSA) is 126 Å². The zero-order valence-electron chi connectivity index (χ0n) is 12.4. The Kier molecular flexibility index (Phi) is 7.06. The van der Waals surface area contributed by atoms with Crippen molar-refractivity contribution in [2.45, 2.75) is 38.5 Å². The third kappa shape index (κ3) is 5.94. The molecule has 1 saturated heterocycles. The SMILES string of the molecule is CN(CCCCCC(=O)O)/[N+]([O-])=N\OCN1C(=O)CCC1=O. The maximum Gasteiger partial charge on any atom is 0.303 e. The molecule has 10 heteroatoms. The van der Waals surface area contributed by atoms with Gasteiger partial charge in [0, 0.05) is 19.3 Å². The number of imide groups is 1. The van der Waals surface area contributed by atoms with Crippen LogP contribution in [0.5, 0.6) is 0 Å². The Morgan fingerprint density at radius 2 is 2.00 bits per heavy atom. The van der Waals surface area contributed by atoms with Gasteiger partial charge in [-0.15, -0.1) is 5.01 Å². The number of carboxylic acid groups (broad SMARTS) is 1. The van der Waals surface area contributed by atoms with Crippen LogP contribution in [0, 0.1) is 5.21 Å². The number of nitrogens with zero attached hydrogens (tertiary/aromatic N) is 4. The van der Waals surface area contributed by atoms with Gasteiger partial charge in [0.15, 0.2) is 0 Å². The van der Waals surface area contributed by atoms with E-state index in [9.17, 15) is 19.6 Å². The van der Waals surface area contributed by atoms with Gasteiger partial charge >= 0.3 is 5.97 Å². The van der Waals surface area contributed by atoms with Gasteiger partial charge in [-0.1, -0.05) is 6.42 Å². The molecule has 124 valence electrons. The molecule has 0 saturated carbocycles. The van der Waals surface area contributed by atoms with E-state index in [2.05, 4.69) is 5.28 Å². The standard InChI is InChI=1S/C12H20N4O6/c1-14(8-4-2-3-5-12(19)20)16(21)13-22-9-15-10(17)6-7-11(15)18/h2-9H2,1H3,(H,19,20)/b16-13+. The number of unbranched alkanes of at least 4 members (excludes halogenated alkanes) is 2. The second-order valence-corrected chi connectivity index (χ2v) is 4.89. The highest BCUT2D eigenvalue weighted by molar-refractivity contribution is 6.01. The molecule has 0 aromatic heterocycles. The minimum atomic E-state index is -0.840. The summed E-state index contributed by atoms with van der Waals surface area (Å²) in [5.74, 6) is -1.53. The molecule has 1 heterocycles. The van der Waals surface area contributed by atoms with Crippen molar-refractivity contribution in [1.29, 1.82) is 0 Å². The second-order valence-electron chi connectivity index (χ2n) is 4.89. The lowest BCUT2D eigenvalue weighted by Gasteiger charge is -2.14. The number of hydrazine groups is 1. The minimum absolute atomic E-state index is 0.107. The number of aliphatic carboxylic acids is 1. The number of hydrogen-bond acceptors (Lipinski definition) is 6. The van der Waals surface area contributed by atoms with Crippen molar-refractivity contribution >= 4 is 17.8 Å². The smallest absolute Gasteiger partial charge is 0.303 e. The van der Waals surface area contributed by atoms with Crippen molar-refractivity contribution in [1.82, 2.24) is 9.91 Å². The summed E-state index contributed by atoms with van der Waals surface area (Å²) in [7, 11) is 1.50. The Bertz CT molecular complexity index is 437. The third-order valence-electron chi connectivity index (χ3n) is 3.13. The molecule has 0 aliphatic carbocycles. The predicted molar refractivity (Wildman–Crippen MR) is 71.8 cm³/mol. The van der Waals surface area contributed by atoms with Crippen LogP contribution in [0.2, 0.25) is 0 Å². The van der Waals surface area contributed by atoms with Crippen molar-refractivity contribution in [2.75, 3.05) is 20.3 Å². The summed E-state index contributed by atoms with van der Waals surface area (Å²) in [6, 6.07) is 0. The van der Waals surface area contributed by atoms with E-state index in [0.29, 0.717) is 25.8 Å². The fourth-order valence-electron chi connectivity index (χ4n) is 1.84. The van der Waals surface area contributed by atoms with E-state index in [0.717, 1.165) is 4.90 Å². The summed E-state index contributed by atoms with van der Waals surface area (Å²) >= 11 is 0.